The monoisotopic (exact) mass is 320 g/mol. The molecule has 0 spiro atoms. The highest BCUT2D eigenvalue weighted by Gasteiger charge is 2.27. The topological polar surface area (TPSA) is 75.8 Å². The maximum absolute atomic E-state index is 11.3. The average molecular weight is 320 g/mol. The van der Waals surface area contributed by atoms with Gasteiger partial charge in [0.05, 0.1) is 6.61 Å². The summed E-state index contributed by atoms with van der Waals surface area (Å²) in [5.41, 5.74) is 8.30. The standard InChI is InChI=1S/C18H28N2O3/c1-5-12-8-13(16(21)14(9-12)18(2,3)4)10-20-6-7-23-15(11-20)17(19)22/h8-9,15,21H,5-7,10-11H2,1-4H3,(H2,19,22)/t15-/m1/s1. The molecule has 1 aromatic carbocycles. The van der Waals surface area contributed by atoms with Crippen molar-refractivity contribution in [3.05, 3.63) is 28.8 Å². The minimum absolute atomic E-state index is 0.120. The number of aryl methyl sites for hydroxylation is 1. The van der Waals surface area contributed by atoms with E-state index in [9.17, 15) is 9.90 Å². The SMILES string of the molecule is CCc1cc(CN2CCO[C@@H](C(N)=O)C2)c(O)c(C(C)(C)C)c1. The van der Waals surface area contributed by atoms with E-state index < -0.39 is 12.0 Å². The molecule has 5 heteroatoms. The second kappa shape index (κ2) is 6.89. The summed E-state index contributed by atoms with van der Waals surface area (Å²) in [5.74, 6) is -0.0755. The summed E-state index contributed by atoms with van der Waals surface area (Å²) < 4.78 is 5.38. The first-order valence-corrected chi connectivity index (χ1v) is 8.21. The van der Waals surface area contributed by atoms with E-state index in [1.165, 1.54) is 5.56 Å². The first-order chi connectivity index (χ1) is 10.7. The zero-order valence-corrected chi connectivity index (χ0v) is 14.6. The Morgan fingerprint density at radius 3 is 2.70 bits per heavy atom. The highest BCUT2D eigenvalue weighted by Crippen LogP contribution is 2.35. The highest BCUT2D eigenvalue weighted by atomic mass is 16.5. The van der Waals surface area contributed by atoms with E-state index in [0.29, 0.717) is 25.4 Å². The third-order valence-electron chi connectivity index (χ3n) is 4.33. The van der Waals surface area contributed by atoms with Gasteiger partial charge >= 0.3 is 0 Å². The predicted octanol–water partition coefficient (Wildman–Crippen LogP) is 1.94. The van der Waals surface area contributed by atoms with Crippen LogP contribution in [0.15, 0.2) is 12.1 Å². The van der Waals surface area contributed by atoms with Crippen LogP contribution in [0.2, 0.25) is 0 Å². The number of morpholine rings is 1. The van der Waals surface area contributed by atoms with Crippen molar-refractivity contribution in [1.29, 1.82) is 0 Å². The number of aromatic hydroxyl groups is 1. The largest absolute Gasteiger partial charge is 0.507 e. The number of rotatable bonds is 4. The molecular weight excluding hydrogens is 292 g/mol. The third-order valence-corrected chi connectivity index (χ3v) is 4.33. The molecule has 0 radical (unpaired) electrons. The zero-order chi connectivity index (χ0) is 17.2. The van der Waals surface area contributed by atoms with E-state index in [0.717, 1.165) is 24.1 Å². The Labute approximate surface area is 138 Å². The molecule has 0 unspecified atom stereocenters. The van der Waals surface area contributed by atoms with Gasteiger partial charge in [-0.2, -0.15) is 0 Å². The minimum Gasteiger partial charge on any atom is -0.507 e. The fraction of sp³-hybridized carbons (Fsp3) is 0.611. The van der Waals surface area contributed by atoms with Crippen LogP contribution in [0.3, 0.4) is 0 Å². The summed E-state index contributed by atoms with van der Waals surface area (Å²) in [6.07, 6.45) is 0.353. The molecule has 1 atom stereocenters. The summed E-state index contributed by atoms with van der Waals surface area (Å²) in [4.78, 5) is 13.4. The normalized spacial score (nSPS) is 19.7. The van der Waals surface area contributed by atoms with Gasteiger partial charge in [-0.3, -0.25) is 9.69 Å². The number of carbonyl (C=O) groups excluding carboxylic acids is 1. The number of benzene rings is 1. The molecule has 1 aliphatic rings. The van der Waals surface area contributed by atoms with E-state index in [4.69, 9.17) is 10.5 Å². The molecule has 0 bridgehead atoms. The number of primary amides is 1. The van der Waals surface area contributed by atoms with Gasteiger partial charge in [0.15, 0.2) is 0 Å². The molecule has 128 valence electrons. The van der Waals surface area contributed by atoms with Crippen molar-refractivity contribution in [2.75, 3.05) is 19.7 Å². The van der Waals surface area contributed by atoms with Crippen LogP contribution in [0.25, 0.3) is 0 Å². The van der Waals surface area contributed by atoms with Crippen LogP contribution in [-0.2, 0) is 27.9 Å². The lowest BCUT2D eigenvalue weighted by Crippen LogP contribution is -2.47. The molecule has 1 fully saturated rings. The molecule has 1 aliphatic heterocycles. The molecule has 1 aromatic rings. The Hall–Kier alpha value is -1.59. The van der Waals surface area contributed by atoms with Crippen LogP contribution in [0.4, 0.5) is 0 Å². The highest BCUT2D eigenvalue weighted by molar-refractivity contribution is 5.79. The van der Waals surface area contributed by atoms with Crippen LogP contribution in [0.1, 0.15) is 44.4 Å². The van der Waals surface area contributed by atoms with Gasteiger partial charge in [0.2, 0.25) is 5.91 Å². The number of nitrogens with two attached hydrogens (primary N) is 1. The number of carbonyl (C=O) groups is 1. The fourth-order valence-electron chi connectivity index (χ4n) is 2.92. The second-order valence-electron chi connectivity index (χ2n) is 7.25. The maximum Gasteiger partial charge on any atom is 0.247 e. The van der Waals surface area contributed by atoms with E-state index in [2.05, 4.69) is 44.7 Å². The number of phenolic OH excluding ortho intramolecular Hbond substituents is 1. The molecule has 1 heterocycles. The first-order valence-electron chi connectivity index (χ1n) is 8.21. The predicted molar refractivity (Wildman–Crippen MR) is 90.4 cm³/mol. The van der Waals surface area contributed by atoms with Crippen molar-refractivity contribution in [3.8, 4) is 5.75 Å². The Balaban J connectivity index is 2.27. The van der Waals surface area contributed by atoms with Gasteiger partial charge in [0.1, 0.15) is 11.9 Å². The summed E-state index contributed by atoms with van der Waals surface area (Å²) >= 11 is 0. The van der Waals surface area contributed by atoms with E-state index in [-0.39, 0.29) is 5.41 Å². The zero-order valence-electron chi connectivity index (χ0n) is 14.6. The number of ether oxygens (including phenoxy) is 1. The fourth-order valence-corrected chi connectivity index (χ4v) is 2.92. The Kier molecular flexibility index (Phi) is 5.32. The van der Waals surface area contributed by atoms with Gasteiger partial charge in [-0.25, -0.2) is 0 Å². The van der Waals surface area contributed by atoms with Gasteiger partial charge in [-0.1, -0.05) is 39.8 Å². The molecule has 3 N–H and O–H groups in total. The van der Waals surface area contributed by atoms with Crippen LogP contribution in [0.5, 0.6) is 5.75 Å². The van der Waals surface area contributed by atoms with Gasteiger partial charge in [-0.05, 0) is 23.0 Å². The van der Waals surface area contributed by atoms with Crippen molar-refractivity contribution >= 4 is 5.91 Å². The van der Waals surface area contributed by atoms with Crippen LogP contribution in [0, 0.1) is 0 Å². The number of hydrogen-bond donors (Lipinski definition) is 2. The van der Waals surface area contributed by atoms with E-state index in [1.54, 1.807) is 0 Å². The second-order valence-corrected chi connectivity index (χ2v) is 7.25. The van der Waals surface area contributed by atoms with Crippen molar-refractivity contribution in [3.63, 3.8) is 0 Å². The number of phenols is 1. The van der Waals surface area contributed by atoms with Gasteiger partial charge < -0.3 is 15.6 Å². The Morgan fingerprint density at radius 2 is 2.13 bits per heavy atom. The number of nitrogens with zero attached hydrogens (tertiary/aromatic N) is 1. The first kappa shape index (κ1) is 17.8. The summed E-state index contributed by atoms with van der Waals surface area (Å²) in [6.45, 7) is 10.7. The van der Waals surface area contributed by atoms with Crippen LogP contribution >= 0.6 is 0 Å². The van der Waals surface area contributed by atoms with Crippen molar-refractivity contribution in [2.24, 2.45) is 5.73 Å². The maximum atomic E-state index is 11.3. The minimum atomic E-state index is -0.567. The molecule has 2 rings (SSSR count). The lowest BCUT2D eigenvalue weighted by Gasteiger charge is -2.32. The lowest BCUT2D eigenvalue weighted by molar-refractivity contribution is -0.135. The Morgan fingerprint density at radius 1 is 1.43 bits per heavy atom. The molecule has 0 aromatic heterocycles. The van der Waals surface area contributed by atoms with Gasteiger partial charge in [-0.15, -0.1) is 0 Å². The van der Waals surface area contributed by atoms with E-state index in [1.807, 2.05) is 0 Å². The molecule has 1 amide bonds. The van der Waals surface area contributed by atoms with Crippen molar-refractivity contribution in [2.45, 2.75) is 52.2 Å². The van der Waals surface area contributed by atoms with Crippen molar-refractivity contribution < 1.29 is 14.6 Å². The van der Waals surface area contributed by atoms with E-state index >= 15 is 0 Å². The lowest BCUT2D eigenvalue weighted by atomic mass is 9.83. The molecule has 0 saturated carbocycles. The summed E-state index contributed by atoms with van der Waals surface area (Å²) in [7, 11) is 0. The summed E-state index contributed by atoms with van der Waals surface area (Å²) in [5, 5.41) is 10.7. The quantitative estimate of drug-likeness (QED) is 0.889. The number of hydrogen-bond acceptors (Lipinski definition) is 4. The smallest absolute Gasteiger partial charge is 0.247 e. The third kappa shape index (κ3) is 4.24. The Bertz CT molecular complexity index is 578. The molecule has 1 saturated heterocycles. The van der Waals surface area contributed by atoms with Crippen molar-refractivity contribution in [1.82, 2.24) is 4.90 Å². The van der Waals surface area contributed by atoms with Crippen LogP contribution < -0.4 is 5.73 Å². The van der Waals surface area contributed by atoms with Gasteiger partial charge in [0, 0.05) is 25.2 Å². The molecule has 5 nitrogen and oxygen atoms in total. The molecule has 0 aliphatic carbocycles. The molecular formula is C18H28N2O3. The van der Waals surface area contributed by atoms with Crippen LogP contribution in [-0.4, -0.2) is 41.7 Å². The number of amides is 1. The molecule has 23 heavy (non-hydrogen) atoms. The van der Waals surface area contributed by atoms with Gasteiger partial charge in [0.25, 0.3) is 0 Å². The average Bonchev–Trinajstić information content (AvgIpc) is 2.48. The summed E-state index contributed by atoms with van der Waals surface area (Å²) in [6, 6.07) is 4.14.